The normalized spacial score (nSPS) is 17.4. The second kappa shape index (κ2) is 11.6. The van der Waals surface area contributed by atoms with Gasteiger partial charge in [-0.15, -0.1) is 0 Å². The van der Waals surface area contributed by atoms with Crippen LogP contribution in [0.2, 0.25) is 0 Å². The largest absolute Gasteiger partial charge is 0.228 e. The molecular weight excluding hydrogens is 617 g/mol. The predicted molar refractivity (Wildman–Crippen MR) is 212 cm³/mol. The maximum Gasteiger partial charge on any atom is 0.160 e. The molecule has 4 aliphatic rings. The van der Waals surface area contributed by atoms with Crippen LogP contribution in [0.25, 0.3) is 61.6 Å². The van der Waals surface area contributed by atoms with Gasteiger partial charge in [-0.1, -0.05) is 142 Å². The van der Waals surface area contributed by atoms with E-state index in [0.29, 0.717) is 0 Å². The third-order valence-electron chi connectivity index (χ3n) is 12.3. The minimum Gasteiger partial charge on any atom is -0.228 e. The second-order valence-electron chi connectivity index (χ2n) is 15.5. The molecule has 0 bridgehead atoms. The van der Waals surface area contributed by atoms with Gasteiger partial charge < -0.3 is 0 Å². The predicted octanol–water partition coefficient (Wildman–Crippen LogP) is 12.7. The summed E-state index contributed by atoms with van der Waals surface area (Å²) in [6.07, 6.45) is 15.3. The summed E-state index contributed by atoms with van der Waals surface area (Å²) in [4.78, 5) is 10.3. The smallest absolute Gasteiger partial charge is 0.160 e. The van der Waals surface area contributed by atoms with Crippen LogP contribution in [0.3, 0.4) is 0 Å². The maximum absolute atomic E-state index is 5.18. The molecule has 1 aromatic heterocycles. The van der Waals surface area contributed by atoms with E-state index >= 15 is 0 Å². The molecule has 0 N–H and O–H groups in total. The molecule has 4 aliphatic carbocycles. The first-order valence-corrected chi connectivity index (χ1v) is 18.9. The number of rotatable bonds is 4. The van der Waals surface area contributed by atoms with Crippen molar-refractivity contribution in [2.45, 2.75) is 69.6 Å². The first-order chi connectivity index (χ1) is 25.0. The molecule has 5 aromatic carbocycles. The number of hydrogen-bond donors (Lipinski definition) is 0. The van der Waals surface area contributed by atoms with E-state index in [1.165, 1.54) is 82.2 Å². The van der Waals surface area contributed by atoms with Crippen molar-refractivity contribution >= 4 is 5.57 Å². The van der Waals surface area contributed by atoms with E-state index in [1.807, 2.05) is 6.07 Å². The van der Waals surface area contributed by atoms with Crippen molar-refractivity contribution < 1.29 is 0 Å². The van der Waals surface area contributed by atoms with Crippen molar-refractivity contribution in [1.82, 2.24) is 9.97 Å². The highest BCUT2D eigenvalue weighted by Gasteiger charge is 2.46. The van der Waals surface area contributed by atoms with Gasteiger partial charge in [-0.3, -0.25) is 0 Å². The van der Waals surface area contributed by atoms with Crippen molar-refractivity contribution in [2.75, 3.05) is 0 Å². The Hall–Kier alpha value is -5.34. The molecule has 2 nitrogen and oxygen atoms in total. The summed E-state index contributed by atoms with van der Waals surface area (Å²) in [5.41, 5.74) is 19.5. The van der Waals surface area contributed by atoms with Crippen LogP contribution in [0, 0.1) is 0 Å². The van der Waals surface area contributed by atoms with Crippen LogP contribution >= 0.6 is 0 Å². The highest BCUT2D eigenvalue weighted by molar-refractivity contribution is 5.96. The van der Waals surface area contributed by atoms with E-state index in [4.69, 9.17) is 9.97 Å². The van der Waals surface area contributed by atoms with Crippen molar-refractivity contribution in [1.29, 1.82) is 0 Å². The van der Waals surface area contributed by atoms with Crippen LogP contribution in [0.15, 0.2) is 133 Å². The molecule has 0 aliphatic heterocycles. The van der Waals surface area contributed by atoms with Crippen LogP contribution in [-0.2, 0) is 10.8 Å². The molecule has 6 aromatic rings. The van der Waals surface area contributed by atoms with Gasteiger partial charge in [0.1, 0.15) is 0 Å². The van der Waals surface area contributed by atoms with Crippen LogP contribution in [0.1, 0.15) is 86.7 Å². The molecule has 0 amide bonds. The zero-order chi connectivity index (χ0) is 34.2. The van der Waals surface area contributed by atoms with Gasteiger partial charge in [-0.25, -0.2) is 9.97 Å². The Balaban J connectivity index is 1.13. The lowest BCUT2D eigenvalue weighted by Gasteiger charge is -2.36. The van der Waals surface area contributed by atoms with Gasteiger partial charge in [-0.2, -0.15) is 0 Å². The molecule has 248 valence electrons. The Kier molecular flexibility index (Phi) is 6.93. The summed E-state index contributed by atoms with van der Waals surface area (Å²) >= 11 is 0. The average molecular weight is 659 g/mol. The Morgan fingerprint density at radius 1 is 0.510 bits per heavy atom. The number of fused-ring (bicyclic) bond motifs is 8. The van der Waals surface area contributed by atoms with Crippen LogP contribution in [0.5, 0.6) is 0 Å². The summed E-state index contributed by atoms with van der Waals surface area (Å²) in [6, 6.07) is 43.0. The topological polar surface area (TPSA) is 25.8 Å². The second-order valence-corrected chi connectivity index (χ2v) is 15.5. The van der Waals surface area contributed by atoms with E-state index in [1.54, 1.807) is 11.1 Å². The number of allylic oxidation sites excluding steroid dienone is 4. The van der Waals surface area contributed by atoms with E-state index < -0.39 is 0 Å². The van der Waals surface area contributed by atoms with Crippen molar-refractivity contribution in [3.05, 3.63) is 161 Å². The van der Waals surface area contributed by atoms with Crippen molar-refractivity contribution in [2.24, 2.45) is 0 Å². The van der Waals surface area contributed by atoms with Crippen LogP contribution in [0.4, 0.5) is 0 Å². The monoisotopic (exact) mass is 658 g/mol. The molecule has 10 rings (SSSR count). The van der Waals surface area contributed by atoms with Crippen LogP contribution in [-0.4, -0.2) is 9.97 Å². The average Bonchev–Trinajstić information content (AvgIpc) is 3.59. The van der Waals surface area contributed by atoms with Crippen LogP contribution < -0.4 is 0 Å². The fraction of sp³-hybridized carbons (Fsp3) is 0.224. The van der Waals surface area contributed by atoms with E-state index in [2.05, 4.69) is 141 Å². The van der Waals surface area contributed by atoms with Gasteiger partial charge in [0.25, 0.3) is 0 Å². The molecule has 0 saturated heterocycles. The SMILES string of the molecule is CC1(C)c2cc3c(cc2-c2c(-c4cccc(-c5cc(C6=CCCC=C6)nc(-c6ccccc6)n5)c4)cccc21)C1(CCCCC1)c1ccccc1-3. The number of hydrogen-bond acceptors (Lipinski definition) is 2. The minimum absolute atomic E-state index is 0.0992. The molecule has 0 atom stereocenters. The minimum atomic E-state index is -0.0992. The third-order valence-corrected chi connectivity index (χ3v) is 12.3. The van der Waals surface area contributed by atoms with E-state index in [-0.39, 0.29) is 10.8 Å². The molecule has 0 radical (unpaired) electrons. The Morgan fingerprint density at radius 2 is 1.22 bits per heavy atom. The lowest BCUT2D eigenvalue weighted by molar-refractivity contribution is 0.353. The number of aromatic nitrogens is 2. The van der Waals surface area contributed by atoms with Gasteiger partial charge in [0, 0.05) is 22.0 Å². The summed E-state index contributed by atoms with van der Waals surface area (Å²) in [6.45, 7) is 4.84. The Labute approximate surface area is 301 Å². The van der Waals surface area contributed by atoms with Gasteiger partial charge in [0.2, 0.25) is 0 Å². The van der Waals surface area contributed by atoms with E-state index in [9.17, 15) is 0 Å². The van der Waals surface area contributed by atoms with Crippen molar-refractivity contribution in [3.8, 4) is 56.0 Å². The summed E-state index contributed by atoms with van der Waals surface area (Å²) in [5.74, 6) is 0.760. The molecule has 51 heavy (non-hydrogen) atoms. The standard InChI is InChI=1S/C49H42N2/c1-48(2)41-25-15-23-36(46(41)39-30-43-38(29-42(39)48)37-22-10-11-24-40(37)49(43)26-12-5-13-27-49)34-20-14-21-35(28-34)45-31-44(32-16-6-3-7-17-32)50-47(51-45)33-18-8-4-9-19-33/h4,6,8-11,14-25,28-31H,3,5,7,12-13,26-27H2,1-2H3. The fourth-order valence-corrected chi connectivity index (χ4v) is 9.77. The fourth-order valence-electron chi connectivity index (χ4n) is 9.77. The molecule has 1 saturated carbocycles. The Morgan fingerprint density at radius 3 is 2.06 bits per heavy atom. The summed E-state index contributed by atoms with van der Waals surface area (Å²) < 4.78 is 0. The number of benzene rings is 5. The lowest BCUT2D eigenvalue weighted by Crippen LogP contribution is -2.28. The number of nitrogens with zero attached hydrogens (tertiary/aromatic N) is 2. The molecular formula is C49H42N2. The molecule has 1 spiro atoms. The highest BCUT2D eigenvalue weighted by atomic mass is 14.9. The zero-order valence-corrected chi connectivity index (χ0v) is 29.5. The summed E-state index contributed by atoms with van der Waals surface area (Å²) in [5, 5.41) is 0. The van der Waals surface area contributed by atoms with Gasteiger partial charge in [0.05, 0.1) is 11.4 Å². The van der Waals surface area contributed by atoms with Crippen molar-refractivity contribution in [3.63, 3.8) is 0 Å². The van der Waals surface area contributed by atoms with E-state index in [0.717, 1.165) is 41.2 Å². The molecule has 1 fully saturated rings. The van der Waals surface area contributed by atoms with Gasteiger partial charge in [-0.05, 0) is 111 Å². The quantitative estimate of drug-likeness (QED) is 0.188. The maximum atomic E-state index is 5.18. The summed E-state index contributed by atoms with van der Waals surface area (Å²) in [7, 11) is 0. The van der Waals surface area contributed by atoms with Gasteiger partial charge >= 0.3 is 0 Å². The first-order valence-electron chi connectivity index (χ1n) is 18.9. The first kappa shape index (κ1) is 30.5. The molecule has 0 unspecified atom stereocenters. The third kappa shape index (κ3) is 4.69. The molecule has 1 heterocycles. The highest BCUT2D eigenvalue weighted by Crippen LogP contribution is 2.60. The van der Waals surface area contributed by atoms with Gasteiger partial charge in [0.15, 0.2) is 5.82 Å². The zero-order valence-electron chi connectivity index (χ0n) is 29.5. The lowest BCUT2D eigenvalue weighted by atomic mass is 9.67. The molecule has 2 heteroatoms. The Bertz CT molecular complexity index is 2420.